The Hall–Kier alpha value is -1.51. The molecule has 1 N–H and O–H groups in total. The predicted molar refractivity (Wildman–Crippen MR) is 118 cm³/mol. The second-order valence-corrected chi connectivity index (χ2v) is 9.20. The van der Waals surface area contributed by atoms with Crippen LogP contribution in [0.15, 0.2) is 18.7 Å². The molecule has 1 saturated carbocycles. The fourth-order valence-corrected chi connectivity index (χ4v) is 4.25. The molecule has 1 aromatic carbocycles. The predicted octanol–water partition coefficient (Wildman–Crippen LogP) is 7.11. The van der Waals surface area contributed by atoms with Gasteiger partial charge in [-0.15, -0.1) is 0 Å². The zero-order valence-electron chi connectivity index (χ0n) is 18.8. The molecule has 1 aromatic rings. The highest BCUT2D eigenvalue weighted by molar-refractivity contribution is 5.68. The highest BCUT2D eigenvalue weighted by atomic mass is 19.1. The van der Waals surface area contributed by atoms with Gasteiger partial charge in [0.25, 0.3) is 0 Å². The van der Waals surface area contributed by atoms with Gasteiger partial charge in [0.1, 0.15) is 11.6 Å². The molecule has 3 atom stereocenters. The van der Waals surface area contributed by atoms with Crippen LogP contribution in [0.4, 0.5) is 4.39 Å². The number of nitrogens with one attached hydrogen (secondary N) is 1. The summed E-state index contributed by atoms with van der Waals surface area (Å²) in [6, 6.07) is 3.69. The number of ether oxygens (including phenoxy) is 1. The van der Waals surface area contributed by atoms with E-state index in [1.165, 1.54) is 44.9 Å². The summed E-state index contributed by atoms with van der Waals surface area (Å²) in [5.74, 6) is 1.85. The Morgan fingerprint density at radius 1 is 1.25 bits per heavy atom. The van der Waals surface area contributed by atoms with E-state index in [4.69, 9.17) is 4.74 Å². The Kier molecular flexibility index (Phi) is 7.97. The van der Waals surface area contributed by atoms with E-state index < -0.39 is 0 Å². The minimum atomic E-state index is -0.213. The Balaban J connectivity index is 2.24. The van der Waals surface area contributed by atoms with Gasteiger partial charge in [0.05, 0.1) is 7.11 Å². The van der Waals surface area contributed by atoms with Gasteiger partial charge in [-0.25, -0.2) is 4.39 Å². The van der Waals surface area contributed by atoms with Crippen molar-refractivity contribution in [2.24, 2.45) is 17.3 Å². The lowest BCUT2D eigenvalue weighted by Crippen LogP contribution is -2.41. The molecule has 3 heteroatoms. The summed E-state index contributed by atoms with van der Waals surface area (Å²) in [4.78, 5) is 0. The molecule has 1 fully saturated rings. The lowest BCUT2D eigenvalue weighted by atomic mass is 9.79. The quantitative estimate of drug-likeness (QED) is 0.411. The van der Waals surface area contributed by atoms with E-state index in [1.807, 2.05) is 0 Å². The van der Waals surface area contributed by atoms with Crippen LogP contribution < -0.4 is 10.1 Å². The van der Waals surface area contributed by atoms with Crippen LogP contribution >= 0.6 is 0 Å². The van der Waals surface area contributed by atoms with Gasteiger partial charge in [-0.1, -0.05) is 53.5 Å². The Morgan fingerprint density at radius 3 is 2.46 bits per heavy atom. The first-order valence-corrected chi connectivity index (χ1v) is 11.1. The van der Waals surface area contributed by atoms with Crippen molar-refractivity contribution in [2.45, 2.75) is 85.6 Å². The van der Waals surface area contributed by atoms with Crippen molar-refractivity contribution in [3.05, 3.63) is 35.7 Å². The molecule has 0 radical (unpaired) electrons. The molecule has 2 rings (SSSR count). The summed E-state index contributed by atoms with van der Waals surface area (Å²) in [5.41, 5.74) is 2.42. The number of hydrogen-bond donors (Lipinski definition) is 1. The number of aryl methyl sites for hydroxylation is 1. The van der Waals surface area contributed by atoms with Crippen LogP contribution in [-0.2, 0) is 0 Å². The molecular formula is C25H40FNO. The summed E-state index contributed by atoms with van der Waals surface area (Å²) in [5, 5.41) is 3.74. The van der Waals surface area contributed by atoms with E-state index in [0.29, 0.717) is 28.7 Å². The minimum absolute atomic E-state index is 0.213. The zero-order valence-corrected chi connectivity index (χ0v) is 18.8. The third-order valence-corrected chi connectivity index (χ3v) is 6.78. The molecule has 0 aromatic heterocycles. The lowest BCUT2D eigenvalue weighted by molar-refractivity contribution is 0.236. The topological polar surface area (TPSA) is 21.3 Å². The van der Waals surface area contributed by atoms with Gasteiger partial charge in [0.2, 0.25) is 0 Å². The molecular weight excluding hydrogens is 349 g/mol. The molecule has 158 valence electrons. The first-order valence-electron chi connectivity index (χ1n) is 11.1. The van der Waals surface area contributed by atoms with Gasteiger partial charge >= 0.3 is 0 Å². The molecule has 1 aliphatic carbocycles. The van der Waals surface area contributed by atoms with Crippen LogP contribution in [0.5, 0.6) is 5.75 Å². The molecule has 0 bridgehead atoms. The summed E-state index contributed by atoms with van der Waals surface area (Å²) in [6.45, 7) is 15.3. The maximum atomic E-state index is 14.2. The van der Waals surface area contributed by atoms with E-state index in [9.17, 15) is 4.39 Å². The van der Waals surface area contributed by atoms with E-state index in [-0.39, 0.29) is 5.82 Å². The maximum Gasteiger partial charge on any atom is 0.128 e. The van der Waals surface area contributed by atoms with Crippen LogP contribution in [0, 0.1) is 30.0 Å². The van der Waals surface area contributed by atoms with Gasteiger partial charge in [-0.2, -0.15) is 0 Å². The third-order valence-electron chi connectivity index (χ3n) is 6.78. The fourth-order valence-electron chi connectivity index (χ4n) is 4.25. The van der Waals surface area contributed by atoms with Crippen molar-refractivity contribution in [3.63, 3.8) is 0 Å². The number of rotatable bonds is 12. The SMILES string of the molecule is C=C(NC(C(CCC)CCC(C)CC)C1(C)CC1)c1cc(F)c(C)cc1OC. The van der Waals surface area contributed by atoms with E-state index in [1.54, 1.807) is 26.2 Å². The fraction of sp³-hybridized carbons (Fsp3) is 0.680. The number of methoxy groups -OCH3 is 1. The summed E-state index contributed by atoms with van der Waals surface area (Å²) >= 11 is 0. The standard InChI is InChI=1S/C25H40FNO/c1-8-10-20(12-11-17(3)9-2)24(25(6)13-14-25)27-19(5)21-16-22(26)18(4)15-23(21)28-7/h15-17,20,24,27H,5,8-14H2,1-4,6-7H3. The van der Waals surface area contributed by atoms with Gasteiger partial charge in [-0.05, 0) is 67.6 Å². The molecule has 0 aliphatic heterocycles. The lowest BCUT2D eigenvalue weighted by Gasteiger charge is -2.35. The third kappa shape index (κ3) is 5.52. The molecule has 3 unspecified atom stereocenters. The van der Waals surface area contributed by atoms with Gasteiger partial charge in [0, 0.05) is 17.3 Å². The Labute approximate surface area is 171 Å². The number of benzene rings is 1. The minimum Gasteiger partial charge on any atom is -0.496 e. The first kappa shape index (κ1) is 22.8. The largest absolute Gasteiger partial charge is 0.496 e. The van der Waals surface area contributed by atoms with Crippen molar-refractivity contribution in [1.82, 2.24) is 5.32 Å². The molecule has 0 heterocycles. The molecule has 0 spiro atoms. The van der Waals surface area contributed by atoms with E-state index in [2.05, 4.69) is 39.6 Å². The normalized spacial score (nSPS) is 18.2. The highest BCUT2D eigenvalue weighted by Crippen LogP contribution is 2.52. The molecule has 1 aliphatic rings. The Morgan fingerprint density at radius 2 is 1.93 bits per heavy atom. The second kappa shape index (κ2) is 9.80. The molecule has 0 amide bonds. The summed E-state index contributed by atoms with van der Waals surface area (Å²) in [7, 11) is 1.63. The van der Waals surface area contributed by atoms with Crippen molar-refractivity contribution < 1.29 is 9.13 Å². The summed E-state index contributed by atoms with van der Waals surface area (Å²) < 4.78 is 19.8. The Bertz CT molecular complexity index is 665. The van der Waals surface area contributed by atoms with Crippen LogP contribution in [0.1, 0.15) is 83.8 Å². The smallest absolute Gasteiger partial charge is 0.128 e. The highest BCUT2D eigenvalue weighted by Gasteiger charge is 2.47. The van der Waals surface area contributed by atoms with Crippen molar-refractivity contribution in [2.75, 3.05) is 7.11 Å². The zero-order chi connectivity index (χ0) is 20.9. The maximum absolute atomic E-state index is 14.2. The van der Waals surface area contributed by atoms with Crippen molar-refractivity contribution >= 4 is 5.70 Å². The molecule has 0 saturated heterocycles. The van der Waals surface area contributed by atoms with Crippen LogP contribution in [-0.4, -0.2) is 13.2 Å². The van der Waals surface area contributed by atoms with Crippen molar-refractivity contribution in [1.29, 1.82) is 0 Å². The van der Waals surface area contributed by atoms with Gasteiger partial charge in [0.15, 0.2) is 0 Å². The van der Waals surface area contributed by atoms with E-state index in [0.717, 1.165) is 17.2 Å². The summed E-state index contributed by atoms with van der Waals surface area (Å²) in [6.07, 6.45) is 8.65. The van der Waals surface area contributed by atoms with Crippen molar-refractivity contribution in [3.8, 4) is 5.75 Å². The number of halogens is 1. The number of hydrogen-bond acceptors (Lipinski definition) is 2. The second-order valence-electron chi connectivity index (χ2n) is 9.20. The van der Waals surface area contributed by atoms with Gasteiger partial charge in [-0.3, -0.25) is 0 Å². The molecule has 28 heavy (non-hydrogen) atoms. The first-order chi connectivity index (χ1) is 13.3. The van der Waals surface area contributed by atoms with Gasteiger partial charge < -0.3 is 10.1 Å². The van der Waals surface area contributed by atoms with Crippen LogP contribution in [0.25, 0.3) is 5.70 Å². The average molecular weight is 390 g/mol. The average Bonchev–Trinajstić information content (AvgIpc) is 3.42. The monoisotopic (exact) mass is 389 g/mol. The van der Waals surface area contributed by atoms with E-state index >= 15 is 0 Å². The molecule has 2 nitrogen and oxygen atoms in total. The van der Waals surface area contributed by atoms with Crippen LogP contribution in [0.3, 0.4) is 0 Å². The van der Waals surface area contributed by atoms with Crippen LogP contribution in [0.2, 0.25) is 0 Å².